The summed E-state index contributed by atoms with van der Waals surface area (Å²) in [5, 5.41) is 0. The second-order valence-corrected chi connectivity index (χ2v) is 12.1. The van der Waals surface area contributed by atoms with E-state index in [1.54, 1.807) is 12.1 Å². The first-order chi connectivity index (χ1) is 5.36. The standard InChI is InChI=1S/C8H14OSi2/c9-8-3-6-11(7-8)10-4-1-2-5-10/h1-7H2. The van der Waals surface area contributed by atoms with Gasteiger partial charge < -0.3 is 0 Å². The third kappa shape index (κ3) is 1.64. The maximum atomic E-state index is 11.1. The van der Waals surface area contributed by atoms with Crippen LogP contribution < -0.4 is 0 Å². The van der Waals surface area contributed by atoms with Crippen molar-refractivity contribution in [3.8, 4) is 0 Å². The summed E-state index contributed by atoms with van der Waals surface area (Å²) in [6.07, 6.45) is 3.91. The molecule has 60 valence electrons. The van der Waals surface area contributed by atoms with Crippen LogP contribution in [0.3, 0.4) is 0 Å². The highest BCUT2D eigenvalue weighted by atomic mass is 28.9. The molecular weight excluding hydrogens is 168 g/mol. The minimum atomic E-state index is -0.0862. The normalized spacial score (nSPS) is 25.3. The van der Waals surface area contributed by atoms with E-state index in [1.165, 1.54) is 18.9 Å². The van der Waals surface area contributed by atoms with Gasteiger partial charge in [-0.25, -0.2) is 0 Å². The molecule has 11 heavy (non-hydrogen) atoms. The SMILES string of the molecule is O=C1CC[Si](=[Si]2CCCC2)C1. The summed E-state index contributed by atoms with van der Waals surface area (Å²) in [4.78, 5) is 11.1. The zero-order valence-electron chi connectivity index (χ0n) is 6.86. The summed E-state index contributed by atoms with van der Waals surface area (Å²) in [5.74, 6) is 0.586. The number of carbonyl (C=O) groups excluding carboxylic acids is 1. The van der Waals surface area contributed by atoms with Gasteiger partial charge in [0.1, 0.15) is 5.78 Å². The summed E-state index contributed by atoms with van der Waals surface area (Å²) >= 11 is 0. The van der Waals surface area contributed by atoms with Crippen molar-refractivity contribution >= 4 is 21.6 Å². The lowest BCUT2D eigenvalue weighted by atomic mass is 10.4. The second kappa shape index (κ2) is 3.23. The number of hydrogen-bond acceptors (Lipinski definition) is 1. The smallest absolute Gasteiger partial charge is 0.133 e. The summed E-state index contributed by atoms with van der Waals surface area (Å²) in [5.41, 5.74) is 0. The zero-order valence-corrected chi connectivity index (χ0v) is 8.86. The van der Waals surface area contributed by atoms with Crippen molar-refractivity contribution in [2.24, 2.45) is 0 Å². The molecule has 0 unspecified atom stereocenters. The van der Waals surface area contributed by atoms with Gasteiger partial charge in [-0.15, -0.1) is 0 Å². The number of ketones is 1. The minimum Gasteiger partial charge on any atom is -0.300 e. The van der Waals surface area contributed by atoms with Gasteiger partial charge in [0.25, 0.3) is 0 Å². The fourth-order valence-corrected chi connectivity index (χ4v) is 12.4. The Morgan fingerprint density at radius 1 is 1.00 bits per heavy atom. The molecule has 1 nitrogen and oxygen atoms in total. The molecule has 2 heterocycles. The summed E-state index contributed by atoms with van der Waals surface area (Å²) in [6.45, 7) is 0. The van der Waals surface area contributed by atoms with Crippen molar-refractivity contribution < 1.29 is 4.79 Å². The molecule has 2 fully saturated rings. The van der Waals surface area contributed by atoms with Crippen LogP contribution in [0.2, 0.25) is 24.2 Å². The van der Waals surface area contributed by atoms with Crippen LogP contribution in [0.4, 0.5) is 0 Å². The molecular formula is C8H14OSi2. The maximum Gasteiger partial charge on any atom is 0.133 e. The largest absolute Gasteiger partial charge is 0.300 e. The monoisotopic (exact) mass is 182 g/mol. The molecule has 0 N–H and O–H groups in total. The Kier molecular flexibility index (Phi) is 2.27. The van der Waals surface area contributed by atoms with E-state index in [9.17, 15) is 4.79 Å². The molecule has 0 spiro atoms. The maximum absolute atomic E-state index is 11.1. The lowest BCUT2D eigenvalue weighted by molar-refractivity contribution is -0.116. The van der Waals surface area contributed by atoms with Gasteiger partial charge >= 0.3 is 0 Å². The molecule has 3 heteroatoms. The predicted molar refractivity (Wildman–Crippen MR) is 49.6 cm³/mol. The fourth-order valence-electron chi connectivity index (χ4n) is 2.16. The number of rotatable bonds is 0. The van der Waals surface area contributed by atoms with Gasteiger partial charge in [0, 0.05) is 12.5 Å². The quantitative estimate of drug-likeness (QED) is 0.522. The number of hydrogen-bond donors (Lipinski definition) is 0. The fraction of sp³-hybridized carbons (Fsp3) is 0.875. The van der Waals surface area contributed by atoms with E-state index < -0.39 is 0 Å². The molecule has 0 aromatic heterocycles. The molecule has 2 saturated heterocycles. The molecule has 2 aliphatic rings. The Labute approximate surface area is 70.3 Å². The molecule has 2 aliphatic heterocycles. The molecule has 0 aliphatic carbocycles. The number of Topliss-reactive ketones (excluding diaryl/α,β-unsaturated/α-hetero) is 1. The van der Waals surface area contributed by atoms with Crippen LogP contribution in [-0.4, -0.2) is 21.6 Å². The van der Waals surface area contributed by atoms with Crippen LogP contribution in [-0.2, 0) is 4.79 Å². The van der Waals surface area contributed by atoms with Crippen molar-refractivity contribution in [2.75, 3.05) is 0 Å². The Morgan fingerprint density at radius 3 is 2.27 bits per heavy atom. The zero-order chi connectivity index (χ0) is 7.68. The third-order valence-electron chi connectivity index (χ3n) is 2.82. The molecule has 0 aromatic rings. The van der Waals surface area contributed by atoms with Crippen molar-refractivity contribution in [3.05, 3.63) is 0 Å². The lowest BCUT2D eigenvalue weighted by Crippen LogP contribution is -2.10. The summed E-state index contributed by atoms with van der Waals surface area (Å²) in [6, 6.07) is 5.50. The molecule has 0 radical (unpaired) electrons. The van der Waals surface area contributed by atoms with E-state index in [1.807, 2.05) is 0 Å². The molecule has 0 bridgehead atoms. The Morgan fingerprint density at radius 2 is 1.73 bits per heavy atom. The van der Waals surface area contributed by atoms with E-state index in [0.717, 1.165) is 12.5 Å². The van der Waals surface area contributed by atoms with E-state index in [0.29, 0.717) is 5.78 Å². The van der Waals surface area contributed by atoms with Crippen molar-refractivity contribution in [3.63, 3.8) is 0 Å². The average molecular weight is 182 g/mol. The van der Waals surface area contributed by atoms with Crippen LogP contribution >= 0.6 is 0 Å². The van der Waals surface area contributed by atoms with Gasteiger partial charge in [-0.1, -0.05) is 12.8 Å². The predicted octanol–water partition coefficient (Wildman–Crippen LogP) is 1.82. The number of carbonyl (C=O) groups is 1. The average Bonchev–Trinajstić information content (AvgIpc) is 2.55. The molecule has 0 aromatic carbocycles. The van der Waals surface area contributed by atoms with E-state index in [-0.39, 0.29) is 15.8 Å². The van der Waals surface area contributed by atoms with E-state index >= 15 is 0 Å². The van der Waals surface area contributed by atoms with Gasteiger partial charge in [-0.2, -0.15) is 0 Å². The van der Waals surface area contributed by atoms with Gasteiger partial charge in [-0.3, -0.25) is 4.79 Å². The van der Waals surface area contributed by atoms with Gasteiger partial charge in [0.2, 0.25) is 0 Å². The molecule has 2 rings (SSSR count). The first-order valence-corrected chi connectivity index (χ1v) is 9.40. The Balaban J connectivity index is 2.13. The van der Waals surface area contributed by atoms with Crippen LogP contribution in [0, 0.1) is 0 Å². The van der Waals surface area contributed by atoms with E-state index in [2.05, 4.69) is 0 Å². The van der Waals surface area contributed by atoms with Gasteiger partial charge in [0.05, 0.1) is 0 Å². The highest BCUT2D eigenvalue weighted by molar-refractivity contribution is 6.98. The molecule has 0 amide bonds. The molecule has 0 saturated carbocycles. The summed E-state index contributed by atoms with van der Waals surface area (Å²) < 4.78 is 0. The topological polar surface area (TPSA) is 17.1 Å². The Bertz CT molecular complexity index is 212. The first kappa shape index (κ1) is 7.74. The van der Waals surface area contributed by atoms with Crippen LogP contribution in [0.1, 0.15) is 19.3 Å². The van der Waals surface area contributed by atoms with Crippen LogP contribution in [0.25, 0.3) is 0 Å². The second-order valence-electron chi connectivity index (χ2n) is 3.63. The first-order valence-electron chi connectivity index (χ1n) is 4.58. The highest BCUT2D eigenvalue weighted by Crippen LogP contribution is 2.20. The molecule has 0 atom stereocenters. The third-order valence-corrected chi connectivity index (χ3v) is 13.2. The van der Waals surface area contributed by atoms with Crippen LogP contribution in [0.15, 0.2) is 0 Å². The Hall–Kier alpha value is 0.104. The lowest BCUT2D eigenvalue weighted by Gasteiger charge is -1.97. The van der Waals surface area contributed by atoms with Gasteiger partial charge in [-0.05, 0) is 33.9 Å². The highest BCUT2D eigenvalue weighted by Gasteiger charge is 2.21. The summed E-state index contributed by atoms with van der Waals surface area (Å²) in [7, 11) is -0.0276. The van der Waals surface area contributed by atoms with Crippen molar-refractivity contribution in [1.29, 1.82) is 0 Å². The van der Waals surface area contributed by atoms with Crippen LogP contribution in [0.5, 0.6) is 0 Å². The minimum absolute atomic E-state index is 0.0586. The van der Waals surface area contributed by atoms with Crippen molar-refractivity contribution in [1.82, 2.24) is 0 Å². The van der Waals surface area contributed by atoms with Crippen molar-refractivity contribution in [2.45, 2.75) is 43.4 Å². The van der Waals surface area contributed by atoms with Gasteiger partial charge in [0.15, 0.2) is 0 Å². The van der Waals surface area contributed by atoms with E-state index in [4.69, 9.17) is 0 Å².